The molecule has 15 nitrogen and oxygen atoms in total. The maximum atomic E-state index is 12.8. The maximum absolute atomic E-state index is 12.8. The van der Waals surface area contributed by atoms with Crippen LogP contribution in [0.5, 0.6) is 0 Å². The minimum absolute atomic E-state index is 0.0563. The second-order valence-corrected chi connectivity index (χ2v) is 22.2. The Morgan fingerprint density at radius 2 is 1.52 bits per heavy atom. The average Bonchev–Trinajstić information content (AvgIpc) is 3.65. The number of aldehydes is 1. The second kappa shape index (κ2) is 16.5. The summed E-state index contributed by atoms with van der Waals surface area (Å²) in [6.07, 6.45) is 1.25. The number of carbonyl (C=O) groups excluding carboxylic acids is 2. The molecule has 2 aromatic heterocycles. The van der Waals surface area contributed by atoms with Crippen molar-refractivity contribution in [2.75, 3.05) is 41.5 Å². The summed E-state index contributed by atoms with van der Waals surface area (Å²) in [6, 6.07) is 9.07. The van der Waals surface area contributed by atoms with E-state index in [2.05, 4.69) is 66.9 Å². The Labute approximate surface area is 282 Å². The summed E-state index contributed by atoms with van der Waals surface area (Å²) < 4.78 is 61.6. The average molecular weight is 729 g/mol. The Morgan fingerprint density at radius 3 is 2.02 bits per heavy atom. The molecule has 0 amide bonds. The van der Waals surface area contributed by atoms with Crippen LogP contribution in [0, 0.1) is 0 Å². The molecule has 3 aromatic rings. The van der Waals surface area contributed by atoms with E-state index in [1.54, 1.807) is 30.1 Å². The fourth-order valence-electron chi connectivity index (χ4n) is 4.60. The van der Waals surface area contributed by atoms with Gasteiger partial charge in [-0.1, -0.05) is 51.1 Å². The van der Waals surface area contributed by atoms with Gasteiger partial charge >= 0.3 is 15.2 Å². The number of Topliss-reactive ketones (excluding diaryl/α,β-unsaturated/α-hetero) is 1. The number of methoxy groups -OCH3 is 1. The standard InChI is InChI=1S/C25H32N4O5Si.C5H14O6P2/c1-25(2,3)35(5,6)34-22-21(32-4)19(13-30)33-24(22)29-15-28-20-17(26-14-27-23(20)29)12-18(31)16-10-8-7-9-11-16;1-8-12(6,9-2)5-13(7,10-3)11-4/h7-11,13-15,19,21-22,24H,12H2,1-6H3;5H2,1-4H3/t19-,21-,22-,24-;/m1./s1. The molecule has 1 aliphatic heterocycles. The fourth-order valence-corrected chi connectivity index (χ4v) is 9.72. The van der Waals surface area contributed by atoms with Crippen molar-refractivity contribution >= 4 is 46.7 Å². The van der Waals surface area contributed by atoms with Crippen LogP contribution in [0.1, 0.15) is 43.1 Å². The molecule has 4 atom stereocenters. The van der Waals surface area contributed by atoms with Crippen molar-refractivity contribution in [2.45, 2.75) is 69.9 Å². The highest BCUT2D eigenvalue weighted by atomic mass is 31.2. The molecular formula is C30H46N4O11P2Si. The highest BCUT2D eigenvalue weighted by Gasteiger charge is 2.51. The lowest BCUT2D eigenvalue weighted by Gasteiger charge is -2.40. The summed E-state index contributed by atoms with van der Waals surface area (Å²) in [4.78, 5) is 37.9. The zero-order valence-electron chi connectivity index (χ0n) is 29.0. The van der Waals surface area contributed by atoms with Gasteiger partial charge in [0.2, 0.25) is 0 Å². The lowest BCUT2D eigenvalue weighted by atomic mass is 10.1. The van der Waals surface area contributed by atoms with Gasteiger partial charge in [-0.2, -0.15) is 0 Å². The van der Waals surface area contributed by atoms with Crippen LogP contribution in [0.4, 0.5) is 0 Å². The Bertz CT molecular complexity index is 1590. The van der Waals surface area contributed by atoms with E-state index in [0.29, 0.717) is 22.4 Å². The third-order valence-electron chi connectivity index (χ3n) is 8.46. The third kappa shape index (κ3) is 9.19. The molecule has 1 aliphatic rings. The minimum Gasteiger partial charge on any atom is -0.407 e. The third-order valence-corrected chi connectivity index (χ3v) is 17.9. The van der Waals surface area contributed by atoms with Gasteiger partial charge in [-0.3, -0.25) is 18.5 Å². The highest BCUT2D eigenvalue weighted by Crippen LogP contribution is 2.62. The van der Waals surface area contributed by atoms with Gasteiger partial charge in [-0.25, -0.2) is 15.0 Å². The van der Waals surface area contributed by atoms with Crippen molar-refractivity contribution in [1.29, 1.82) is 0 Å². The predicted molar refractivity (Wildman–Crippen MR) is 181 cm³/mol. The Morgan fingerprint density at radius 1 is 0.938 bits per heavy atom. The van der Waals surface area contributed by atoms with E-state index < -0.39 is 48.0 Å². The lowest BCUT2D eigenvalue weighted by molar-refractivity contribution is -0.123. The van der Waals surface area contributed by atoms with Crippen molar-refractivity contribution in [3.05, 3.63) is 54.2 Å². The molecule has 0 unspecified atom stereocenters. The zero-order valence-corrected chi connectivity index (χ0v) is 31.8. The minimum atomic E-state index is -3.35. The first kappa shape index (κ1) is 39.9. The molecule has 0 bridgehead atoms. The number of rotatable bonds is 14. The largest absolute Gasteiger partial charge is 0.407 e. The van der Waals surface area contributed by atoms with E-state index in [4.69, 9.17) is 13.9 Å². The fraction of sp³-hybridized carbons (Fsp3) is 0.567. The molecule has 1 saturated heterocycles. The van der Waals surface area contributed by atoms with Gasteiger partial charge in [-0.05, 0) is 18.1 Å². The van der Waals surface area contributed by atoms with Crippen molar-refractivity contribution in [3.63, 3.8) is 0 Å². The summed E-state index contributed by atoms with van der Waals surface area (Å²) in [6.45, 7) is 10.7. The lowest BCUT2D eigenvalue weighted by Crippen LogP contribution is -2.49. The normalized spacial score (nSPS) is 20.4. The molecule has 0 N–H and O–H groups in total. The number of ether oxygens (including phenoxy) is 2. The molecule has 4 rings (SSSR count). The van der Waals surface area contributed by atoms with Gasteiger partial charge in [0.25, 0.3) is 0 Å². The number of fused-ring (bicyclic) bond motifs is 1. The number of aromatic nitrogens is 4. The van der Waals surface area contributed by atoms with Crippen LogP contribution in [0.25, 0.3) is 11.2 Å². The van der Waals surface area contributed by atoms with Crippen LogP contribution in [0.2, 0.25) is 18.1 Å². The molecule has 3 heterocycles. The number of hydrogen-bond donors (Lipinski definition) is 0. The van der Waals surface area contributed by atoms with E-state index in [1.807, 2.05) is 18.2 Å². The second-order valence-electron chi connectivity index (χ2n) is 12.4. The number of nitrogens with zero attached hydrogens (tertiary/aromatic N) is 4. The first-order valence-electron chi connectivity index (χ1n) is 15.0. The van der Waals surface area contributed by atoms with Gasteiger partial charge in [0, 0.05) is 41.1 Å². The first-order valence-corrected chi connectivity index (χ1v) is 21.4. The molecule has 18 heteroatoms. The SMILES string of the molecule is COP(=O)(CP(=O)(OC)OC)OC.CO[C@H]1[C@@H](O[Si](C)(C)C(C)(C)C)[C@H](n2cnc3c(CC(=O)c4ccccc4)ncnc32)O[C@@H]1C=O. The van der Waals surface area contributed by atoms with E-state index in [0.717, 1.165) is 6.29 Å². The summed E-state index contributed by atoms with van der Waals surface area (Å²) in [5.41, 5.74) is 2.15. The molecule has 0 aliphatic carbocycles. The van der Waals surface area contributed by atoms with E-state index in [-0.39, 0.29) is 23.1 Å². The van der Waals surface area contributed by atoms with E-state index in [9.17, 15) is 18.7 Å². The van der Waals surface area contributed by atoms with Crippen molar-refractivity contribution in [1.82, 2.24) is 19.5 Å². The van der Waals surface area contributed by atoms with E-state index >= 15 is 0 Å². The van der Waals surface area contributed by atoms with Crippen LogP contribution in [-0.2, 0) is 52.3 Å². The number of ketones is 1. The topological polar surface area (TPSA) is 176 Å². The molecule has 0 saturated carbocycles. The van der Waals surface area contributed by atoms with Crippen LogP contribution in [0.15, 0.2) is 43.0 Å². The van der Waals surface area contributed by atoms with Gasteiger partial charge in [0.15, 0.2) is 38.2 Å². The van der Waals surface area contributed by atoms with Gasteiger partial charge in [-0.15, -0.1) is 0 Å². The summed E-state index contributed by atoms with van der Waals surface area (Å²) in [5.74, 6) is -0.447. The van der Waals surface area contributed by atoms with Crippen molar-refractivity contribution < 1.29 is 50.7 Å². The van der Waals surface area contributed by atoms with Crippen LogP contribution in [0.3, 0.4) is 0 Å². The molecule has 1 fully saturated rings. The van der Waals surface area contributed by atoms with Crippen molar-refractivity contribution in [2.24, 2.45) is 0 Å². The maximum Gasteiger partial charge on any atom is 0.342 e. The molecule has 48 heavy (non-hydrogen) atoms. The number of hydrogen-bond acceptors (Lipinski definition) is 14. The van der Waals surface area contributed by atoms with Gasteiger partial charge in [0.05, 0.1) is 18.4 Å². The monoisotopic (exact) mass is 728 g/mol. The Hall–Kier alpha value is -2.49. The molecule has 1 aromatic carbocycles. The summed E-state index contributed by atoms with van der Waals surface area (Å²) in [5, 5.41) is -0.0563. The van der Waals surface area contributed by atoms with Crippen LogP contribution < -0.4 is 0 Å². The molecule has 266 valence electrons. The summed E-state index contributed by atoms with van der Waals surface area (Å²) in [7, 11) is -2.56. The Kier molecular flexibility index (Phi) is 13.7. The number of imidazole rings is 1. The molecular weight excluding hydrogens is 682 g/mol. The van der Waals surface area contributed by atoms with E-state index in [1.165, 1.54) is 34.8 Å². The van der Waals surface area contributed by atoms with Gasteiger partial charge in [0.1, 0.15) is 30.2 Å². The summed E-state index contributed by atoms with van der Waals surface area (Å²) >= 11 is 0. The molecule has 0 spiro atoms. The zero-order chi connectivity index (χ0) is 35.9. The van der Waals surface area contributed by atoms with Crippen LogP contribution >= 0.6 is 15.2 Å². The quantitative estimate of drug-likeness (QED) is 0.0859. The van der Waals surface area contributed by atoms with Crippen LogP contribution in [-0.4, -0.2) is 99.7 Å². The number of benzene rings is 1. The van der Waals surface area contributed by atoms with Gasteiger partial charge < -0.3 is 36.8 Å². The predicted octanol–water partition coefficient (Wildman–Crippen LogP) is 5.67. The Balaban J connectivity index is 0.000000408. The van der Waals surface area contributed by atoms with Crippen molar-refractivity contribution in [3.8, 4) is 0 Å². The number of carbonyl (C=O) groups is 2. The highest BCUT2D eigenvalue weighted by molar-refractivity contribution is 7.71. The smallest absolute Gasteiger partial charge is 0.342 e. The molecule has 0 radical (unpaired) electrons. The first-order chi connectivity index (χ1) is 22.5.